The van der Waals surface area contributed by atoms with E-state index in [9.17, 15) is 4.79 Å². The number of nitrogens with zero attached hydrogens (tertiary/aromatic N) is 1. The first-order valence-corrected chi connectivity index (χ1v) is 6.38. The minimum atomic E-state index is -0.123. The van der Waals surface area contributed by atoms with Gasteiger partial charge in [0.25, 0.3) is 5.91 Å². The third-order valence-electron chi connectivity index (χ3n) is 3.84. The minimum absolute atomic E-state index is 0.123. The van der Waals surface area contributed by atoms with Gasteiger partial charge in [0.05, 0.1) is 11.8 Å². The quantitative estimate of drug-likeness (QED) is 0.875. The molecule has 3 aliphatic rings. The molecule has 0 spiro atoms. The molecular formula is C12H15ClN2O2. The summed E-state index contributed by atoms with van der Waals surface area (Å²) in [4.78, 5) is 14.4. The van der Waals surface area contributed by atoms with Crippen molar-refractivity contribution in [3.63, 3.8) is 0 Å². The molecular weight excluding hydrogens is 240 g/mol. The number of fused-ring (bicyclic) bond motifs is 3. The molecule has 0 aliphatic carbocycles. The summed E-state index contributed by atoms with van der Waals surface area (Å²) in [6.45, 7) is 3.30. The maximum atomic E-state index is 12.0. The number of amides is 1. The highest BCUT2D eigenvalue weighted by Gasteiger charge is 2.35. The summed E-state index contributed by atoms with van der Waals surface area (Å²) < 4.78 is 4.93. The zero-order valence-corrected chi connectivity index (χ0v) is 10.2. The highest BCUT2D eigenvalue weighted by atomic mass is 35.5. The van der Waals surface area contributed by atoms with Crippen LogP contribution in [0.5, 0.6) is 0 Å². The van der Waals surface area contributed by atoms with Crippen molar-refractivity contribution in [1.82, 2.24) is 10.2 Å². The largest absolute Gasteiger partial charge is 0.452 e. The van der Waals surface area contributed by atoms with Crippen LogP contribution >= 0.6 is 11.6 Å². The molecule has 4 heterocycles. The first kappa shape index (κ1) is 11.1. The zero-order valence-electron chi connectivity index (χ0n) is 9.49. The number of halogens is 1. The molecule has 1 unspecified atom stereocenters. The monoisotopic (exact) mass is 254 g/mol. The summed E-state index contributed by atoms with van der Waals surface area (Å²) in [5.41, 5.74) is 0.433. The van der Waals surface area contributed by atoms with E-state index in [0.29, 0.717) is 11.5 Å². The predicted molar refractivity (Wildman–Crippen MR) is 64.1 cm³/mol. The van der Waals surface area contributed by atoms with Crippen LogP contribution in [0.3, 0.4) is 0 Å². The molecule has 0 radical (unpaired) electrons. The van der Waals surface area contributed by atoms with Crippen molar-refractivity contribution in [1.29, 1.82) is 0 Å². The van der Waals surface area contributed by atoms with E-state index in [4.69, 9.17) is 16.0 Å². The smallest absolute Gasteiger partial charge is 0.256 e. The highest BCUT2D eigenvalue weighted by molar-refractivity contribution is 6.32. The summed E-state index contributed by atoms with van der Waals surface area (Å²) in [6.07, 6.45) is 3.81. The zero-order chi connectivity index (χ0) is 11.8. The summed E-state index contributed by atoms with van der Waals surface area (Å²) in [7, 11) is 0. The van der Waals surface area contributed by atoms with Gasteiger partial charge < -0.3 is 14.6 Å². The van der Waals surface area contributed by atoms with E-state index in [0.717, 1.165) is 6.54 Å². The van der Waals surface area contributed by atoms with Gasteiger partial charge in [-0.2, -0.15) is 0 Å². The molecule has 4 rings (SSSR count). The van der Waals surface area contributed by atoms with Crippen LogP contribution in [0.2, 0.25) is 5.22 Å². The van der Waals surface area contributed by atoms with Gasteiger partial charge in [0.15, 0.2) is 0 Å². The van der Waals surface area contributed by atoms with Crippen LogP contribution in [0, 0.1) is 5.92 Å². The molecule has 4 nitrogen and oxygen atoms in total. The van der Waals surface area contributed by atoms with Crippen LogP contribution in [0.15, 0.2) is 16.7 Å². The number of hydrogen-bond acceptors (Lipinski definition) is 3. The Bertz CT molecular complexity index is 424. The fourth-order valence-corrected chi connectivity index (χ4v) is 3.03. The van der Waals surface area contributed by atoms with Gasteiger partial charge in [-0.1, -0.05) is 0 Å². The molecule has 92 valence electrons. The standard InChI is InChI=1S/C12H15ClN2O2/c13-11-9(3-6-17-11)12(16)14-10-7-15-4-1-8(10)2-5-15/h3,6,8,10H,1-2,4-5,7H2,(H,14,16). The number of carbonyl (C=O) groups excluding carboxylic acids is 1. The molecule has 1 aromatic rings. The van der Waals surface area contributed by atoms with Gasteiger partial charge in [-0.15, -0.1) is 0 Å². The second-order valence-electron chi connectivity index (χ2n) is 4.83. The first-order chi connectivity index (χ1) is 8.24. The average molecular weight is 255 g/mol. The van der Waals surface area contributed by atoms with Crippen molar-refractivity contribution in [3.05, 3.63) is 23.1 Å². The molecule has 17 heavy (non-hydrogen) atoms. The number of furan rings is 1. The lowest BCUT2D eigenvalue weighted by molar-refractivity contribution is 0.0620. The number of carbonyl (C=O) groups is 1. The second kappa shape index (κ2) is 4.35. The minimum Gasteiger partial charge on any atom is -0.452 e. The Morgan fingerprint density at radius 3 is 2.76 bits per heavy atom. The maximum Gasteiger partial charge on any atom is 0.256 e. The normalized spacial score (nSPS) is 31.5. The van der Waals surface area contributed by atoms with Crippen molar-refractivity contribution >= 4 is 17.5 Å². The van der Waals surface area contributed by atoms with Gasteiger partial charge in [-0.05, 0) is 49.5 Å². The fraction of sp³-hybridized carbons (Fsp3) is 0.583. The van der Waals surface area contributed by atoms with E-state index in [1.807, 2.05) is 0 Å². The van der Waals surface area contributed by atoms with Gasteiger partial charge in [0.1, 0.15) is 0 Å². The molecule has 1 amide bonds. The molecule has 3 saturated heterocycles. The van der Waals surface area contributed by atoms with Crippen molar-refractivity contribution in [3.8, 4) is 0 Å². The molecule has 1 atom stereocenters. The van der Waals surface area contributed by atoms with Gasteiger partial charge >= 0.3 is 0 Å². The van der Waals surface area contributed by atoms with Crippen molar-refractivity contribution in [2.24, 2.45) is 5.92 Å². The highest BCUT2D eigenvalue weighted by Crippen LogP contribution is 2.28. The molecule has 1 N–H and O–H groups in total. The van der Waals surface area contributed by atoms with Crippen LogP contribution in [0.1, 0.15) is 23.2 Å². The predicted octanol–water partition coefficient (Wildman–Crippen LogP) is 1.76. The number of rotatable bonds is 2. The van der Waals surface area contributed by atoms with E-state index >= 15 is 0 Å². The summed E-state index contributed by atoms with van der Waals surface area (Å²) in [5, 5.41) is 3.24. The Balaban J connectivity index is 1.68. The number of hydrogen-bond donors (Lipinski definition) is 1. The molecule has 5 heteroatoms. The second-order valence-corrected chi connectivity index (χ2v) is 5.17. The van der Waals surface area contributed by atoms with Crippen molar-refractivity contribution in [2.75, 3.05) is 19.6 Å². The Morgan fingerprint density at radius 2 is 2.24 bits per heavy atom. The third kappa shape index (κ3) is 2.07. The van der Waals surface area contributed by atoms with Crippen LogP contribution in [0.25, 0.3) is 0 Å². The Hall–Kier alpha value is -1.00. The van der Waals surface area contributed by atoms with Crippen molar-refractivity contribution < 1.29 is 9.21 Å². The lowest BCUT2D eigenvalue weighted by Crippen LogP contribution is -2.57. The molecule has 3 aliphatic heterocycles. The molecule has 1 aromatic heterocycles. The van der Waals surface area contributed by atoms with Crippen LogP contribution in [0.4, 0.5) is 0 Å². The Labute approximate surface area is 105 Å². The van der Waals surface area contributed by atoms with E-state index in [-0.39, 0.29) is 17.2 Å². The van der Waals surface area contributed by atoms with Crippen LogP contribution in [-0.2, 0) is 0 Å². The number of piperidine rings is 3. The van der Waals surface area contributed by atoms with E-state index in [1.165, 1.54) is 32.2 Å². The maximum absolute atomic E-state index is 12.0. The average Bonchev–Trinajstić information content (AvgIpc) is 2.77. The molecule has 0 aromatic carbocycles. The van der Waals surface area contributed by atoms with Crippen LogP contribution < -0.4 is 5.32 Å². The van der Waals surface area contributed by atoms with Crippen molar-refractivity contribution in [2.45, 2.75) is 18.9 Å². The van der Waals surface area contributed by atoms with Crippen LogP contribution in [-0.4, -0.2) is 36.5 Å². The van der Waals surface area contributed by atoms with E-state index in [1.54, 1.807) is 6.07 Å². The lowest BCUT2D eigenvalue weighted by atomic mass is 9.84. The van der Waals surface area contributed by atoms with Gasteiger partial charge in [-0.3, -0.25) is 4.79 Å². The Kier molecular flexibility index (Phi) is 2.84. The molecule has 3 fully saturated rings. The summed E-state index contributed by atoms with van der Waals surface area (Å²) in [6, 6.07) is 1.87. The summed E-state index contributed by atoms with van der Waals surface area (Å²) >= 11 is 5.79. The number of nitrogens with one attached hydrogen (secondary N) is 1. The molecule has 2 bridgehead atoms. The Morgan fingerprint density at radius 1 is 1.47 bits per heavy atom. The topological polar surface area (TPSA) is 45.5 Å². The third-order valence-corrected chi connectivity index (χ3v) is 4.13. The van der Waals surface area contributed by atoms with Gasteiger partial charge in [-0.25, -0.2) is 0 Å². The molecule has 0 saturated carbocycles. The van der Waals surface area contributed by atoms with E-state index < -0.39 is 0 Å². The van der Waals surface area contributed by atoms with Gasteiger partial charge in [0, 0.05) is 12.6 Å². The first-order valence-electron chi connectivity index (χ1n) is 6.00. The van der Waals surface area contributed by atoms with E-state index in [2.05, 4.69) is 10.2 Å². The summed E-state index contributed by atoms with van der Waals surface area (Å²) in [5.74, 6) is 0.497. The SMILES string of the molecule is O=C(NC1CN2CCC1CC2)c1ccoc1Cl. The fourth-order valence-electron chi connectivity index (χ4n) is 2.83. The lowest BCUT2D eigenvalue weighted by Gasteiger charge is -2.44. The van der Waals surface area contributed by atoms with Gasteiger partial charge in [0.2, 0.25) is 5.22 Å².